The Morgan fingerprint density at radius 1 is 1.38 bits per heavy atom. The smallest absolute Gasteiger partial charge is 0.0534 e. The molecule has 4 nitrogen and oxygen atoms in total. The molecule has 1 aliphatic carbocycles. The van der Waals surface area contributed by atoms with Gasteiger partial charge in [0.2, 0.25) is 0 Å². The van der Waals surface area contributed by atoms with Gasteiger partial charge in [0.05, 0.1) is 6.20 Å². The topological polar surface area (TPSA) is 47.1 Å². The van der Waals surface area contributed by atoms with E-state index in [1.807, 2.05) is 10.9 Å². The summed E-state index contributed by atoms with van der Waals surface area (Å²) in [5.74, 6) is 0.857. The second kappa shape index (κ2) is 7.41. The second-order valence-electron chi connectivity index (χ2n) is 6.74. The maximum Gasteiger partial charge on any atom is 0.0534 e. The second-order valence-corrected chi connectivity index (χ2v) is 6.74. The molecule has 21 heavy (non-hydrogen) atoms. The molecule has 120 valence electrons. The lowest BCUT2D eigenvalue weighted by Gasteiger charge is -2.47. The zero-order valence-corrected chi connectivity index (χ0v) is 14.0. The van der Waals surface area contributed by atoms with E-state index in [1.165, 1.54) is 37.7 Å². The molecule has 0 bridgehead atoms. The standard InChI is InChI=1S/C17H32N4/c1-4-10-20(12-16-11-19-21(5-2)13-16)17(14-18)8-6-15(3)7-9-17/h11,13,15H,4-10,12,14,18H2,1-3H3. The van der Waals surface area contributed by atoms with Crippen molar-refractivity contribution in [2.75, 3.05) is 13.1 Å². The van der Waals surface area contributed by atoms with Gasteiger partial charge < -0.3 is 5.73 Å². The molecule has 1 aromatic heterocycles. The van der Waals surface area contributed by atoms with Crippen LogP contribution in [0.15, 0.2) is 12.4 Å². The highest BCUT2D eigenvalue weighted by atomic mass is 15.3. The van der Waals surface area contributed by atoms with E-state index in [2.05, 4.69) is 37.0 Å². The van der Waals surface area contributed by atoms with E-state index in [4.69, 9.17) is 5.73 Å². The molecule has 0 atom stereocenters. The van der Waals surface area contributed by atoms with Crippen LogP contribution in [0.25, 0.3) is 0 Å². The minimum atomic E-state index is 0.205. The van der Waals surface area contributed by atoms with Crippen LogP contribution in [0.5, 0.6) is 0 Å². The summed E-state index contributed by atoms with van der Waals surface area (Å²) in [5, 5.41) is 4.41. The Hall–Kier alpha value is -0.870. The summed E-state index contributed by atoms with van der Waals surface area (Å²) < 4.78 is 2.01. The van der Waals surface area contributed by atoms with Gasteiger partial charge in [0.1, 0.15) is 0 Å². The first-order valence-electron chi connectivity index (χ1n) is 8.60. The first-order valence-corrected chi connectivity index (χ1v) is 8.60. The Morgan fingerprint density at radius 3 is 2.62 bits per heavy atom. The van der Waals surface area contributed by atoms with Gasteiger partial charge in [-0.05, 0) is 51.5 Å². The van der Waals surface area contributed by atoms with Crippen LogP contribution >= 0.6 is 0 Å². The van der Waals surface area contributed by atoms with E-state index < -0.39 is 0 Å². The fourth-order valence-corrected chi connectivity index (χ4v) is 3.58. The summed E-state index contributed by atoms with van der Waals surface area (Å²) in [6, 6.07) is 0. The highest BCUT2D eigenvalue weighted by Gasteiger charge is 2.38. The molecule has 0 saturated heterocycles. The summed E-state index contributed by atoms with van der Waals surface area (Å²) in [6.07, 6.45) is 10.5. The first-order chi connectivity index (χ1) is 10.1. The molecule has 0 aliphatic heterocycles. The van der Waals surface area contributed by atoms with Crippen molar-refractivity contribution in [1.29, 1.82) is 0 Å². The summed E-state index contributed by atoms with van der Waals surface area (Å²) in [5.41, 5.74) is 7.76. The highest BCUT2D eigenvalue weighted by Crippen LogP contribution is 2.36. The number of aromatic nitrogens is 2. The molecule has 2 N–H and O–H groups in total. The Bertz CT molecular complexity index is 418. The normalized spacial score (nSPS) is 26.4. The van der Waals surface area contributed by atoms with E-state index in [0.717, 1.165) is 32.1 Å². The zero-order chi connectivity index (χ0) is 15.3. The number of rotatable bonds is 7. The van der Waals surface area contributed by atoms with Gasteiger partial charge in [-0.1, -0.05) is 13.8 Å². The van der Waals surface area contributed by atoms with Crippen molar-refractivity contribution < 1.29 is 0 Å². The molecule has 1 fully saturated rings. The van der Waals surface area contributed by atoms with Crippen molar-refractivity contribution in [3.63, 3.8) is 0 Å². The number of nitrogens with two attached hydrogens (primary N) is 1. The maximum atomic E-state index is 6.24. The van der Waals surface area contributed by atoms with Crippen molar-refractivity contribution in [3.05, 3.63) is 18.0 Å². The van der Waals surface area contributed by atoms with E-state index in [-0.39, 0.29) is 5.54 Å². The van der Waals surface area contributed by atoms with Gasteiger partial charge in [-0.15, -0.1) is 0 Å². The number of hydrogen-bond acceptors (Lipinski definition) is 3. The summed E-state index contributed by atoms with van der Waals surface area (Å²) in [6.45, 7) is 10.6. The number of hydrogen-bond donors (Lipinski definition) is 1. The Balaban J connectivity index is 2.12. The molecule has 0 aromatic carbocycles. The number of nitrogens with zero attached hydrogens (tertiary/aromatic N) is 3. The molecule has 1 aliphatic rings. The quantitative estimate of drug-likeness (QED) is 0.840. The maximum absolute atomic E-state index is 6.24. The molecule has 0 unspecified atom stereocenters. The lowest BCUT2D eigenvalue weighted by molar-refractivity contribution is 0.0376. The van der Waals surface area contributed by atoms with Crippen molar-refractivity contribution in [2.24, 2.45) is 11.7 Å². The van der Waals surface area contributed by atoms with Gasteiger partial charge in [-0.2, -0.15) is 5.10 Å². The van der Waals surface area contributed by atoms with Crippen molar-refractivity contribution in [2.45, 2.75) is 71.5 Å². The summed E-state index contributed by atoms with van der Waals surface area (Å²) in [7, 11) is 0. The van der Waals surface area contributed by atoms with Crippen LogP contribution in [0.2, 0.25) is 0 Å². The highest BCUT2D eigenvalue weighted by molar-refractivity contribution is 5.06. The fraction of sp³-hybridized carbons (Fsp3) is 0.824. The lowest BCUT2D eigenvalue weighted by atomic mass is 9.75. The van der Waals surface area contributed by atoms with Crippen LogP contribution < -0.4 is 5.73 Å². The van der Waals surface area contributed by atoms with Crippen LogP contribution in [-0.4, -0.2) is 33.3 Å². The van der Waals surface area contributed by atoms with Gasteiger partial charge in [0.25, 0.3) is 0 Å². The molecule has 4 heteroatoms. The summed E-state index contributed by atoms with van der Waals surface area (Å²) >= 11 is 0. The molecule has 0 spiro atoms. The van der Waals surface area contributed by atoms with E-state index in [0.29, 0.717) is 0 Å². The molecular weight excluding hydrogens is 260 g/mol. The third-order valence-electron chi connectivity index (χ3n) is 5.13. The van der Waals surface area contributed by atoms with E-state index >= 15 is 0 Å². The van der Waals surface area contributed by atoms with Crippen molar-refractivity contribution in [1.82, 2.24) is 14.7 Å². The van der Waals surface area contributed by atoms with Gasteiger partial charge in [0, 0.05) is 36.9 Å². The molecule has 1 aromatic rings. The molecular formula is C17H32N4. The minimum absolute atomic E-state index is 0.205. The lowest BCUT2D eigenvalue weighted by Crippen LogP contribution is -2.55. The summed E-state index contributed by atoms with van der Waals surface area (Å²) in [4.78, 5) is 2.63. The minimum Gasteiger partial charge on any atom is -0.329 e. The third-order valence-corrected chi connectivity index (χ3v) is 5.13. The monoisotopic (exact) mass is 292 g/mol. The van der Waals surface area contributed by atoms with Crippen molar-refractivity contribution in [3.8, 4) is 0 Å². The zero-order valence-electron chi connectivity index (χ0n) is 14.0. The van der Waals surface area contributed by atoms with Gasteiger partial charge in [-0.3, -0.25) is 9.58 Å². The number of aryl methyl sites for hydroxylation is 1. The average molecular weight is 292 g/mol. The molecule has 1 heterocycles. The Morgan fingerprint density at radius 2 is 2.10 bits per heavy atom. The van der Waals surface area contributed by atoms with Gasteiger partial charge in [0.15, 0.2) is 0 Å². The predicted octanol–water partition coefficient (Wildman–Crippen LogP) is 3.02. The van der Waals surface area contributed by atoms with Crippen LogP contribution in [0.4, 0.5) is 0 Å². The third kappa shape index (κ3) is 3.86. The Kier molecular flexibility index (Phi) is 5.82. The van der Waals surface area contributed by atoms with E-state index in [9.17, 15) is 0 Å². The Labute approximate surface area is 129 Å². The fourth-order valence-electron chi connectivity index (χ4n) is 3.58. The van der Waals surface area contributed by atoms with Gasteiger partial charge >= 0.3 is 0 Å². The molecule has 0 radical (unpaired) electrons. The molecule has 1 saturated carbocycles. The largest absolute Gasteiger partial charge is 0.329 e. The van der Waals surface area contributed by atoms with Crippen molar-refractivity contribution >= 4 is 0 Å². The average Bonchev–Trinajstić information content (AvgIpc) is 2.96. The van der Waals surface area contributed by atoms with Crippen LogP contribution in [0.3, 0.4) is 0 Å². The van der Waals surface area contributed by atoms with Crippen LogP contribution in [0.1, 0.15) is 58.4 Å². The molecule has 2 rings (SSSR count). The van der Waals surface area contributed by atoms with E-state index in [1.54, 1.807) is 0 Å². The van der Waals surface area contributed by atoms with Crippen LogP contribution in [0, 0.1) is 5.92 Å². The first kappa shape index (κ1) is 16.5. The van der Waals surface area contributed by atoms with Crippen LogP contribution in [-0.2, 0) is 13.1 Å². The molecule has 0 amide bonds. The SMILES string of the molecule is CCCN(Cc1cnn(CC)c1)C1(CN)CCC(C)CC1. The van der Waals surface area contributed by atoms with Gasteiger partial charge in [-0.25, -0.2) is 0 Å². The predicted molar refractivity (Wildman–Crippen MR) is 88.0 cm³/mol.